The van der Waals surface area contributed by atoms with E-state index in [0.717, 1.165) is 5.56 Å². The first-order valence-electron chi connectivity index (χ1n) is 8.33. The zero-order chi connectivity index (χ0) is 19.6. The fraction of sp³-hybridized carbons (Fsp3) is 0.278. The highest BCUT2D eigenvalue weighted by molar-refractivity contribution is 7.89. The van der Waals surface area contributed by atoms with Crippen LogP contribution >= 0.6 is 23.2 Å². The Morgan fingerprint density at radius 2 is 1.74 bits per heavy atom. The Balaban J connectivity index is 1.67. The molecule has 0 bridgehead atoms. The van der Waals surface area contributed by atoms with E-state index < -0.39 is 15.9 Å². The summed E-state index contributed by atoms with van der Waals surface area (Å²) < 4.78 is 27.1. The Bertz CT molecular complexity index is 958. The first kappa shape index (κ1) is 20.1. The molecule has 2 aromatic carbocycles. The molecule has 0 spiro atoms. The van der Waals surface area contributed by atoms with E-state index in [1.54, 1.807) is 24.3 Å². The Hall–Kier alpha value is -1.64. The quantitative estimate of drug-likeness (QED) is 0.794. The summed E-state index contributed by atoms with van der Waals surface area (Å²) in [4.78, 5) is 13.5. The lowest BCUT2D eigenvalue weighted by Gasteiger charge is -2.34. The summed E-state index contributed by atoms with van der Waals surface area (Å²) in [5, 5.41) is 0.482. The number of amides is 1. The van der Waals surface area contributed by atoms with Crippen molar-refractivity contribution in [2.45, 2.75) is 11.4 Å². The summed E-state index contributed by atoms with van der Waals surface area (Å²) in [6, 6.07) is 11.6. The molecule has 9 heteroatoms. The van der Waals surface area contributed by atoms with Crippen LogP contribution in [0.5, 0.6) is 0 Å². The number of sulfonamides is 1. The number of nitrogens with two attached hydrogens (primary N) is 1. The molecule has 1 heterocycles. The van der Waals surface area contributed by atoms with Crippen LogP contribution in [0.25, 0.3) is 0 Å². The number of benzene rings is 2. The summed E-state index contributed by atoms with van der Waals surface area (Å²) in [6.45, 7) is 2.45. The van der Waals surface area contributed by atoms with Crippen molar-refractivity contribution >= 4 is 39.1 Å². The summed E-state index contributed by atoms with van der Waals surface area (Å²) >= 11 is 12.0. The van der Waals surface area contributed by atoms with Crippen molar-refractivity contribution in [2.24, 2.45) is 5.73 Å². The van der Waals surface area contributed by atoms with Crippen LogP contribution in [0.2, 0.25) is 10.0 Å². The third kappa shape index (κ3) is 4.62. The van der Waals surface area contributed by atoms with Crippen LogP contribution in [0.1, 0.15) is 15.9 Å². The van der Waals surface area contributed by atoms with E-state index in [1.807, 2.05) is 6.07 Å². The predicted octanol–water partition coefficient (Wildman–Crippen LogP) is 2.60. The second kappa shape index (κ2) is 8.16. The van der Waals surface area contributed by atoms with Gasteiger partial charge in [-0.25, -0.2) is 8.42 Å². The van der Waals surface area contributed by atoms with Crippen LogP contribution in [0.4, 0.5) is 0 Å². The van der Waals surface area contributed by atoms with E-state index in [0.29, 0.717) is 43.3 Å². The lowest BCUT2D eigenvalue weighted by molar-refractivity contribution is 0.1000. The molecule has 1 fully saturated rings. The number of piperazine rings is 1. The highest BCUT2D eigenvalue weighted by Crippen LogP contribution is 2.28. The van der Waals surface area contributed by atoms with Crippen LogP contribution in [0, 0.1) is 0 Å². The van der Waals surface area contributed by atoms with Crippen LogP contribution in [-0.2, 0) is 16.6 Å². The molecule has 0 aromatic heterocycles. The summed E-state index contributed by atoms with van der Waals surface area (Å²) in [6.07, 6.45) is 0. The van der Waals surface area contributed by atoms with E-state index in [1.165, 1.54) is 16.4 Å². The van der Waals surface area contributed by atoms with E-state index in [2.05, 4.69) is 4.90 Å². The standard InChI is InChI=1S/C18H19Cl2N3O3S/c19-15-4-5-16(20)17(11-15)27(25,26)23-8-6-22(7-9-23)12-13-2-1-3-14(10-13)18(21)24/h1-5,10-11H,6-9,12H2,(H2,21,24). The number of primary amides is 1. The number of halogens is 2. The number of rotatable bonds is 5. The topological polar surface area (TPSA) is 83.7 Å². The van der Waals surface area contributed by atoms with Gasteiger partial charge in [-0.1, -0.05) is 35.3 Å². The first-order chi connectivity index (χ1) is 12.8. The van der Waals surface area contributed by atoms with Gasteiger partial charge in [-0.2, -0.15) is 4.31 Å². The normalized spacial score (nSPS) is 16.4. The molecular weight excluding hydrogens is 409 g/mol. The maximum absolute atomic E-state index is 12.9. The largest absolute Gasteiger partial charge is 0.366 e. The number of carbonyl (C=O) groups excluding carboxylic acids is 1. The number of nitrogens with zero attached hydrogens (tertiary/aromatic N) is 2. The molecule has 1 aliphatic heterocycles. The molecule has 27 heavy (non-hydrogen) atoms. The van der Waals surface area contributed by atoms with E-state index in [4.69, 9.17) is 28.9 Å². The molecule has 6 nitrogen and oxygen atoms in total. The molecule has 144 valence electrons. The van der Waals surface area contributed by atoms with Crippen LogP contribution in [0.3, 0.4) is 0 Å². The molecule has 1 amide bonds. The number of hydrogen-bond acceptors (Lipinski definition) is 4. The molecule has 0 radical (unpaired) electrons. The minimum atomic E-state index is -3.70. The summed E-state index contributed by atoms with van der Waals surface area (Å²) in [7, 11) is -3.70. The van der Waals surface area contributed by atoms with E-state index in [-0.39, 0.29) is 9.92 Å². The van der Waals surface area contributed by atoms with Crippen molar-refractivity contribution in [2.75, 3.05) is 26.2 Å². The van der Waals surface area contributed by atoms with Gasteiger partial charge in [0.25, 0.3) is 0 Å². The van der Waals surface area contributed by atoms with Crippen molar-refractivity contribution in [3.05, 3.63) is 63.6 Å². The van der Waals surface area contributed by atoms with E-state index in [9.17, 15) is 13.2 Å². The SMILES string of the molecule is NC(=O)c1cccc(CN2CCN(S(=O)(=O)c3cc(Cl)ccc3Cl)CC2)c1. The van der Waals surface area contributed by atoms with Gasteiger partial charge in [-0.05, 0) is 35.9 Å². The Morgan fingerprint density at radius 1 is 1.04 bits per heavy atom. The minimum Gasteiger partial charge on any atom is -0.366 e. The average Bonchev–Trinajstić information content (AvgIpc) is 2.64. The second-order valence-electron chi connectivity index (χ2n) is 6.32. The molecule has 0 atom stereocenters. The van der Waals surface area contributed by atoms with Gasteiger partial charge >= 0.3 is 0 Å². The van der Waals surface area contributed by atoms with Gasteiger partial charge in [0.1, 0.15) is 4.90 Å². The molecule has 1 saturated heterocycles. The van der Waals surface area contributed by atoms with Gasteiger partial charge in [0.2, 0.25) is 15.9 Å². The Morgan fingerprint density at radius 3 is 2.41 bits per heavy atom. The molecule has 1 aliphatic rings. The van der Waals surface area contributed by atoms with Crippen molar-refractivity contribution in [3.63, 3.8) is 0 Å². The zero-order valence-electron chi connectivity index (χ0n) is 14.4. The van der Waals surface area contributed by atoms with Gasteiger partial charge < -0.3 is 5.73 Å². The smallest absolute Gasteiger partial charge is 0.248 e. The summed E-state index contributed by atoms with van der Waals surface area (Å²) in [5.41, 5.74) is 6.73. The highest BCUT2D eigenvalue weighted by atomic mass is 35.5. The van der Waals surface area contributed by atoms with Crippen molar-refractivity contribution < 1.29 is 13.2 Å². The lowest BCUT2D eigenvalue weighted by Crippen LogP contribution is -2.48. The first-order valence-corrected chi connectivity index (χ1v) is 10.5. The van der Waals surface area contributed by atoms with E-state index >= 15 is 0 Å². The molecule has 2 aromatic rings. The van der Waals surface area contributed by atoms with Crippen molar-refractivity contribution in [1.82, 2.24) is 9.21 Å². The third-order valence-electron chi connectivity index (χ3n) is 4.46. The second-order valence-corrected chi connectivity index (χ2v) is 9.07. The van der Waals surface area contributed by atoms with Gasteiger partial charge in [-0.3, -0.25) is 9.69 Å². The Kier molecular flexibility index (Phi) is 6.08. The third-order valence-corrected chi connectivity index (χ3v) is 7.08. The van der Waals surface area contributed by atoms with Crippen LogP contribution < -0.4 is 5.73 Å². The molecule has 0 saturated carbocycles. The molecule has 2 N–H and O–H groups in total. The molecule has 0 unspecified atom stereocenters. The minimum absolute atomic E-state index is 0.0271. The van der Waals surface area contributed by atoms with Gasteiger partial charge in [0.15, 0.2) is 0 Å². The highest BCUT2D eigenvalue weighted by Gasteiger charge is 2.30. The monoisotopic (exact) mass is 427 g/mol. The number of carbonyl (C=O) groups is 1. The molecular formula is C18H19Cl2N3O3S. The average molecular weight is 428 g/mol. The molecule has 0 aliphatic carbocycles. The maximum atomic E-state index is 12.9. The van der Waals surface area contributed by atoms with Gasteiger partial charge in [0, 0.05) is 43.3 Å². The zero-order valence-corrected chi connectivity index (χ0v) is 16.8. The van der Waals surface area contributed by atoms with Crippen molar-refractivity contribution in [3.8, 4) is 0 Å². The van der Waals surface area contributed by atoms with Gasteiger partial charge in [0.05, 0.1) is 5.02 Å². The fourth-order valence-electron chi connectivity index (χ4n) is 3.02. The van der Waals surface area contributed by atoms with Crippen molar-refractivity contribution in [1.29, 1.82) is 0 Å². The van der Waals surface area contributed by atoms with Crippen LogP contribution in [0.15, 0.2) is 47.4 Å². The van der Waals surface area contributed by atoms with Gasteiger partial charge in [-0.15, -0.1) is 0 Å². The molecule has 3 rings (SSSR count). The van der Waals surface area contributed by atoms with Crippen LogP contribution in [-0.4, -0.2) is 49.7 Å². The number of hydrogen-bond donors (Lipinski definition) is 1. The lowest BCUT2D eigenvalue weighted by atomic mass is 10.1. The predicted molar refractivity (Wildman–Crippen MR) is 105 cm³/mol. The fourth-order valence-corrected chi connectivity index (χ4v) is 5.18. The summed E-state index contributed by atoms with van der Waals surface area (Å²) in [5.74, 6) is -0.467. The maximum Gasteiger partial charge on any atom is 0.248 e. The Labute approximate surface area is 168 Å².